The van der Waals surface area contributed by atoms with Crippen LogP contribution in [0.3, 0.4) is 0 Å². The van der Waals surface area contributed by atoms with Crippen molar-refractivity contribution in [3.63, 3.8) is 0 Å². The Hall–Kier alpha value is -2.57. The van der Waals surface area contributed by atoms with Crippen LogP contribution in [0.1, 0.15) is 12.0 Å². The quantitative estimate of drug-likeness (QED) is 0.688. The lowest BCUT2D eigenvalue weighted by atomic mass is 10.2. The van der Waals surface area contributed by atoms with E-state index in [1.165, 1.54) is 11.9 Å². The molecule has 1 aromatic rings. The molecular weight excluding hydrogens is 262 g/mol. The molecule has 3 amide bonds. The number of nitrogens with zero attached hydrogens (tertiary/aromatic N) is 1. The third kappa shape index (κ3) is 4.97. The van der Waals surface area contributed by atoms with Crippen molar-refractivity contribution in [2.24, 2.45) is 5.73 Å². The summed E-state index contributed by atoms with van der Waals surface area (Å²) in [5.41, 5.74) is 5.85. The fourth-order valence-electron chi connectivity index (χ4n) is 1.59. The number of hydrogen-bond acceptors (Lipinski definition) is 3. The number of carboxylic acid groups (broad SMARTS) is 1. The first-order valence-corrected chi connectivity index (χ1v) is 5.97. The number of carbonyl (C=O) groups excluding carboxylic acids is 2. The molecule has 0 aliphatic heterocycles. The smallest absolute Gasteiger partial charge is 0.326 e. The lowest BCUT2D eigenvalue weighted by Crippen LogP contribution is -2.48. The van der Waals surface area contributed by atoms with Crippen molar-refractivity contribution in [3.8, 4) is 0 Å². The van der Waals surface area contributed by atoms with Crippen molar-refractivity contribution in [1.82, 2.24) is 10.2 Å². The van der Waals surface area contributed by atoms with Crippen LogP contribution in [0.4, 0.5) is 4.79 Å². The van der Waals surface area contributed by atoms with Crippen LogP contribution in [0.25, 0.3) is 0 Å². The maximum atomic E-state index is 11.8. The molecule has 0 aliphatic carbocycles. The maximum absolute atomic E-state index is 11.8. The Morgan fingerprint density at radius 2 is 1.90 bits per heavy atom. The molecule has 0 aliphatic rings. The number of hydrogen-bond donors (Lipinski definition) is 3. The summed E-state index contributed by atoms with van der Waals surface area (Å²) in [6, 6.07) is 7.34. The fourth-order valence-corrected chi connectivity index (χ4v) is 1.59. The van der Waals surface area contributed by atoms with E-state index in [9.17, 15) is 14.4 Å². The monoisotopic (exact) mass is 279 g/mol. The van der Waals surface area contributed by atoms with Crippen molar-refractivity contribution in [2.45, 2.75) is 19.0 Å². The molecule has 0 bridgehead atoms. The van der Waals surface area contributed by atoms with E-state index in [1.807, 2.05) is 30.3 Å². The Morgan fingerprint density at radius 1 is 1.30 bits per heavy atom. The second-order valence-corrected chi connectivity index (χ2v) is 4.35. The van der Waals surface area contributed by atoms with Crippen molar-refractivity contribution >= 4 is 17.9 Å². The van der Waals surface area contributed by atoms with E-state index in [1.54, 1.807) is 0 Å². The Kier molecular flexibility index (Phi) is 5.52. The molecule has 7 nitrogen and oxygen atoms in total. The number of rotatable bonds is 6. The number of nitrogens with one attached hydrogen (secondary N) is 1. The van der Waals surface area contributed by atoms with Gasteiger partial charge < -0.3 is 21.1 Å². The number of nitrogens with two attached hydrogens (primary N) is 1. The second kappa shape index (κ2) is 7.13. The summed E-state index contributed by atoms with van der Waals surface area (Å²) in [6.45, 7) is 0.329. The van der Waals surface area contributed by atoms with Gasteiger partial charge in [-0.15, -0.1) is 0 Å². The molecule has 4 N–H and O–H groups in total. The van der Waals surface area contributed by atoms with Gasteiger partial charge in [0.15, 0.2) is 0 Å². The Bertz CT molecular complexity index is 490. The fraction of sp³-hybridized carbons (Fsp3) is 0.308. The van der Waals surface area contributed by atoms with E-state index < -0.39 is 30.4 Å². The highest BCUT2D eigenvalue weighted by Gasteiger charge is 2.23. The summed E-state index contributed by atoms with van der Waals surface area (Å²) < 4.78 is 0. The number of primary amides is 1. The van der Waals surface area contributed by atoms with Gasteiger partial charge in [0.1, 0.15) is 6.04 Å². The molecule has 1 rings (SSSR count). The van der Waals surface area contributed by atoms with Gasteiger partial charge >= 0.3 is 12.0 Å². The summed E-state index contributed by atoms with van der Waals surface area (Å²) in [4.78, 5) is 34.8. The van der Waals surface area contributed by atoms with Crippen LogP contribution in [0.5, 0.6) is 0 Å². The highest BCUT2D eigenvalue weighted by molar-refractivity contribution is 5.87. The van der Waals surface area contributed by atoms with Crippen LogP contribution in [0.2, 0.25) is 0 Å². The SMILES string of the molecule is CN(Cc1ccccc1)C(=O)N[C@@H](CC(N)=O)C(=O)O. The van der Waals surface area contributed by atoms with E-state index in [-0.39, 0.29) is 0 Å². The van der Waals surface area contributed by atoms with Gasteiger partial charge in [-0.05, 0) is 5.56 Å². The van der Waals surface area contributed by atoms with Crippen molar-refractivity contribution in [2.75, 3.05) is 7.05 Å². The van der Waals surface area contributed by atoms with E-state index in [2.05, 4.69) is 5.32 Å². The van der Waals surface area contributed by atoms with E-state index in [4.69, 9.17) is 10.8 Å². The van der Waals surface area contributed by atoms with Crippen LogP contribution in [0, 0.1) is 0 Å². The predicted molar refractivity (Wildman–Crippen MR) is 71.7 cm³/mol. The molecule has 0 fully saturated rings. The van der Waals surface area contributed by atoms with E-state index >= 15 is 0 Å². The summed E-state index contributed by atoms with van der Waals surface area (Å²) in [5.74, 6) is -2.09. The molecule has 20 heavy (non-hydrogen) atoms. The number of carbonyl (C=O) groups is 3. The molecule has 7 heteroatoms. The summed E-state index contributed by atoms with van der Waals surface area (Å²) >= 11 is 0. The van der Waals surface area contributed by atoms with Gasteiger partial charge in [0.2, 0.25) is 5.91 Å². The van der Waals surface area contributed by atoms with Gasteiger partial charge in [0.05, 0.1) is 6.42 Å². The minimum atomic E-state index is -1.32. The Morgan fingerprint density at radius 3 is 2.40 bits per heavy atom. The standard InChI is InChI=1S/C13H17N3O4/c1-16(8-9-5-3-2-4-6-9)13(20)15-10(12(18)19)7-11(14)17/h2-6,10H,7-8H2,1H3,(H2,14,17)(H,15,20)(H,18,19)/t10-/m0/s1. The van der Waals surface area contributed by atoms with Crippen LogP contribution in [-0.4, -0.2) is 41.0 Å². The first-order valence-electron chi connectivity index (χ1n) is 5.97. The lowest BCUT2D eigenvalue weighted by Gasteiger charge is -2.21. The first kappa shape index (κ1) is 15.5. The normalized spacial score (nSPS) is 11.4. The number of carboxylic acids is 1. The minimum Gasteiger partial charge on any atom is -0.480 e. The molecule has 0 unspecified atom stereocenters. The van der Waals surface area contributed by atoms with Gasteiger partial charge in [-0.25, -0.2) is 9.59 Å². The largest absolute Gasteiger partial charge is 0.480 e. The van der Waals surface area contributed by atoms with Gasteiger partial charge in [-0.3, -0.25) is 4.79 Å². The van der Waals surface area contributed by atoms with Crippen LogP contribution >= 0.6 is 0 Å². The lowest BCUT2D eigenvalue weighted by molar-refractivity contribution is -0.140. The first-order chi connectivity index (χ1) is 9.40. The van der Waals surface area contributed by atoms with E-state index in [0.717, 1.165) is 5.56 Å². The zero-order valence-electron chi connectivity index (χ0n) is 11.1. The highest BCUT2D eigenvalue weighted by atomic mass is 16.4. The van der Waals surface area contributed by atoms with Crippen LogP contribution < -0.4 is 11.1 Å². The highest BCUT2D eigenvalue weighted by Crippen LogP contribution is 2.03. The molecule has 0 saturated carbocycles. The molecule has 0 heterocycles. The molecule has 1 atom stereocenters. The Balaban J connectivity index is 2.59. The molecule has 0 aromatic heterocycles. The molecular formula is C13H17N3O4. The molecule has 0 spiro atoms. The van der Waals surface area contributed by atoms with Crippen molar-refractivity contribution < 1.29 is 19.5 Å². The minimum absolute atomic E-state index is 0.329. The molecule has 108 valence electrons. The number of aliphatic carboxylic acids is 1. The number of urea groups is 1. The molecule has 1 aromatic carbocycles. The summed E-state index contributed by atoms with van der Waals surface area (Å²) in [6.07, 6.45) is -0.444. The topological polar surface area (TPSA) is 113 Å². The number of amides is 3. The number of benzene rings is 1. The third-order valence-electron chi connectivity index (χ3n) is 2.61. The van der Waals surface area contributed by atoms with Crippen LogP contribution in [-0.2, 0) is 16.1 Å². The Labute approximate surface area is 116 Å². The zero-order valence-corrected chi connectivity index (χ0v) is 11.1. The second-order valence-electron chi connectivity index (χ2n) is 4.35. The van der Waals surface area contributed by atoms with Gasteiger partial charge in [-0.1, -0.05) is 30.3 Å². The maximum Gasteiger partial charge on any atom is 0.326 e. The predicted octanol–water partition coefficient (Wildman–Crippen LogP) is 0.157. The van der Waals surface area contributed by atoms with Crippen molar-refractivity contribution in [1.29, 1.82) is 0 Å². The van der Waals surface area contributed by atoms with Gasteiger partial charge in [0.25, 0.3) is 0 Å². The van der Waals surface area contributed by atoms with Crippen LogP contribution in [0.15, 0.2) is 30.3 Å². The van der Waals surface area contributed by atoms with Crippen molar-refractivity contribution in [3.05, 3.63) is 35.9 Å². The van der Waals surface area contributed by atoms with Gasteiger partial charge in [-0.2, -0.15) is 0 Å². The summed E-state index contributed by atoms with van der Waals surface area (Å²) in [5, 5.41) is 11.2. The van der Waals surface area contributed by atoms with E-state index in [0.29, 0.717) is 6.54 Å². The average Bonchev–Trinajstić information content (AvgIpc) is 2.38. The molecule has 0 radical (unpaired) electrons. The summed E-state index contributed by atoms with van der Waals surface area (Å²) in [7, 11) is 1.53. The molecule has 0 saturated heterocycles. The third-order valence-corrected chi connectivity index (χ3v) is 2.61. The zero-order chi connectivity index (χ0) is 15.1. The average molecular weight is 279 g/mol. The van der Waals surface area contributed by atoms with Gasteiger partial charge in [0, 0.05) is 13.6 Å².